The third-order valence-electron chi connectivity index (χ3n) is 2.40. The molecular formula is C9H19NO5. The van der Waals surface area contributed by atoms with Crippen LogP contribution in [0.5, 0.6) is 0 Å². The maximum absolute atomic E-state index is 9.70. The molecule has 90 valence electrons. The first-order valence-electron chi connectivity index (χ1n) is 4.99. The van der Waals surface area contributed by atoms with Crippen molar-refractivity contribution in [2.75, 3.05) is 7.11 Å². The molecule has 1 fully saturated rings. The van der Waals surface area contributed by atoms with E-state index in [1.54, 1.807) is 0 Å². The molecule has 0 aromatic heterocycles. The molecule has 15 heavy (non-hydrogen) atoms. The summed E-state index contributed by atoms with van der Waals surface area (Å²) in [5, 5.41) is 29.9. The predicted molar refractivity (Wildman–Crippen MR) is 51.5 cm³/mol. The molecule has 3 unspecified atom stereocenters. The molecule has 6 nitrogen and oxygen atoms in total. The Labute approximate surface area is 89.0 Å². The van der Waals surface area contributed by atoms with Crippen LogP contribution in [-0.2, 0) is 9.57 Å². The van der Waals surface area contributed by atoms with Gasteiger partial charge in [-0.2, -0.15) is 5.06 Å². The van der Waals surface area contributed by atoms with Gasteiger partial charge in [0.15, 0.2) is 12.5 Å². The summed E-state index contributed by atoms with van der Waals surface area (Å²) < 4.78 is 5.13. The molecule has 3 N–H and O–H groups in total. The fourth-order valence-electron chi connectivity index (χ4n) is 1.65. The van der Waals surface area contributed by atoms with Gasteiger partial charge in [0.1, 0.15) is 6.10 Å². The van der Waals surface area contributed by atoms with Crippen LogP contribution in [0.3, 0.4) is 0 Å². The number of aliphatic hydroxyl groups excluding tert-OH is 3. The molecule has 0 aromatic rings. The van der Waals surface area contributed by atoms with E-state index in [4.69, 9.17) is 9.57 Å². The van der Waals surface area contributed by atoms with Gasteiger partial charge in [-0.15, -0.1) is 0 Å². The lowest BCUT2D eigenvalue weighted by Crippen LogP contribution is -2.57. The van der Waals surface area contributed by atoms with Gasteiger partial charge in [-0.1, -0.05) is 0 Å². The molecule has 0 bridgehead atoms. The molecule has 1 rings (SSSR count). The Hall–Kier alpha value is -0.240. The maximum Gasteiger partial charge on any atom is 0.164 e. The standard InChI is InChI=1S/C9H19NO5/c1-5(2)10(14-3)9-8(13)6(11)4-7(12)15-9/h5-9,11-13H,4H2,1-3H3/t6-,7?,8?,9?/m1/s1. The van der Waals surface area contributed by atoms with Gasteiger partial charge in [-0.25, -0.2) is 0 Å². The molecule has 0 saturated carbocycles. The minimum Gasteiger partial charge on any atom is -0.390 e. The summed E-state index contributed by atoms with van der Waals surface area (Å²) in [5.74, 6) is 0. The summed E-state index contributed by atoms with van der Waals surface area (Å²) in [6.07, 6.45) is -4.02. The topological polar surface area (TPSA) is 82.4 Å². The Balaban J connectivity index is 2.72. The van der Waals surface area contributed by atoms with E-state index in [2.05, 4.69) is 0 Å². The van der Waals surface area contributed by atoms with Crippen molar-refractivity contribution in [2.24, 2.45) is 0 Å². The van der Waals surface area contributed by atoms with Crippen molar-refractivity contribution in [3.63, 3.8) is 0 Å². The van der Waals surface area contributed by atoms with Crippen LogP contribution in [0.1, 0.15) is 20.3 Å². The van der Waals surface area contributed by atoms with Gasteiger partial charge < -0.3 is 20.1 Å². The second-order valence-electron chi connectivity index (χ2n) is 3.91. The average molecular weight is 221 g/mol. The molecule has 0 aromatic carbocycles. The fraction of sp³-hybridized carbons (Fsp3) is 1.00. The number of hydroxylamine groups is 2. The first kappa shape index (κ1) is 12.8. The number of rotatable bonds is 3. The van der Waals surface area contributed by atoms with Crippen LogP contribution in [-0.4, -0.2) is 58.3 Å². The Bertz CT molecular complexity index is 201. The van der Waals surface area contributed by atoms with Crippen LogP contribution in [0.2, 0.25) is 0 Å². The SMILES string of the molecule is CON(C(C)C)C1OC(O)C[C@@H](O)C1O. The van der Waals surface area contributed by atoms with E-state index in [0.717, 1.165) is 0 Å². The van der Waals surface area contributed by atoms with E-state index >= 15 is 0 Å². The highest BCUT2D eigenvalue weighted by Gasteiger charge is 2.40. The van der Waals surface area contributed by atoms with Crippen molar-refractivity contribution in [2.45, 2.75) is 51.0 Å². The van der Waals surface area contributed by atoms with Gasteiger partial charge >= 0.3 is 0 Å². The Morgan fingerprint density at radius 2 is 1.93 bits per heavy atom. The van der Waals surface area contributed by atoms with Crippen molar-refractivity contribution in [3.05, 3.63) is 0 Å². The Kier molecular flexibility index (Phi) is 4.45. The summed E-state index contributed by atoms with van der Waals surface area (Å²) in [6.45, 7) is 3.71. The second-order valence-corrected chi connectivity index (χ2v) is 3.91. The van der Waals surface area contributed by atoms with Gasteiger partial charge in [0.2, 0.25) is 0 Å². The minimum atomic E-state index is -1.09. The zero-order valence-electron chi connectivity index (χ0n) is 9.20. The quantitative estimate of drug-likeness (QED) is 0.533. The summed E-state index contributed by atoms with van der Waals surface area (Å²) >= 11 is 0. The van der Waals surface area contributed by atoms with Gasteiger partial charge in [0, 0.05) is 12.5 Å². The normalized spacial score (nSPS) is 37.6. The molecule has 1 aliphatic heterocycles. The Morgan fingerprint density at radius 3 is 2.40 bits per heavy atom. The highest BCUT2D eigenvalue weighted by molar-refractivity contribution is 4.81. The van der Waals surface area contributed by atoms with E-state index in [1.165, 1.54) is 12.2 Å². The summed E-state index contributed by atoms with van der Waals surface area (Å²) in [5.41, 5.74) is 0. The lowest BCUT2D eigenvalue weighted by Gasteiger charge is -2.41. The summed E-state index contributed by atoms with van der Waals surface area (Å²) in [4.78, 5) is 5.04. The molecular weight excluding hydrogens is 202 g/mol. The number of hydrogen-bond donors (Lipinski definition) is 3. The number of hydrogen-bond acceptors (Lipinski definition) is 6. The molecule has 6 heteroatoms. The Morgan fingerprint density at radius 1 is 1.33 bits per heavy atom. The van der Waals surface area contributed by atoms with E-state index < -0.39 is 24.7 Å². The van der Waals surface area contributed by atoms with E-state index in [-0.39, 0.29) is 12.5 Å². The first-order valence-corrected chi connectivity index (χ1v) is 4.99. The molecule has 4 atom stereocenters. The second kappa shape index (κ2) is 5.20. The number of aliphatic hydroxyl groups is 3. The summed E-state index contributed by atoms with van der Waals surface area (Å²) in [6, 6.07) is -0.0350. The van der Waals surface area contributed by atoms with Crippen molar-refractivity contribution in [1.82, 2.24) is 5.06 Å². The predicted octanol–water partition coefficient (Wildman–Crippen LogP) is -0.955. The third-order valence-corrected chi connectivity index (χ3v) is 2.40. The number of ether oxygens (including phenoxy) is 1. The van der Waals surface area contributed by atoms with E-state index in [0.29, 0.717) is 0 Å². The lowest BCUT2D eigenvalue weighted by atomic mass is 10.1. The highest BCUT2D eigenvalue weighted by atomic mass is 16.7. The fourth-order valence-corrected chi connectivity index (χ4v) is 1.65. The zero-order valence-corrected chi connectivity index (χ0v) is 9.20. The van der Waals surface area contributed by atoms with Crippen molar-refractivity contribution in [1.29, 1.82) is 0 Å². The largest absolute Gasteiger partial charge is 0.390 e. The van der Waals surface area contributed by atoms with Crippen LogP contribution in [0.15, 0.2) is 0 Å². The van der Waals surface area contributed by atoms with Crippen molar-refractivity contribution >= 4 is 0 Å². The van der Waals surface area contributed by atoms with Gasteiger partial charge in [0.25, 0.3) is 0 Å². The van der Waals surface area contributed by atoms with Gasteiger partial charge in [-0.3, -0.25) is 4.84 Å². The molecule has 0 spiro atoms. The van der Waals surface area contributed by atoms with Crippen LogP contribution >= 0.6 is 0 Å². The van der Waals surface area contributed by atoms with Crippen molar-refractivity contribution in [3.8, 4) is 0 Å². The van der Waals surface area contributed by atoms with E-state index in [9.17, 15) is 15.3 Å². The first-order chi connectivity index (χ1) is 6.97. The minimum absolute atomic E-state index is 0.00726. The van der Waals surface area contributed by atoms with Crippen molar-refractivity contribution < 1.29 is 24.9 Å². The van der Waals surface area contributed by atoms with Gasteiger partial charge in [0.05, 0.1) is 13.2 Å². The number of nitrogens with zero attached hydrogens (tertiary/aromatic N) is 1. The monoisotopic (exact) mass is 221 g/mol. The smallest absolute Gasteiger partial charge is 0.164 e. The van der Waals surface area contributed by atoms with E-state index in [1.807, 2.05) is 13.8 Å². The average Bonchev–Trinajstić information content (AvgIpc) is 2.13. The zero-order chi connectivity index (χ0) is 11.6. The summed E-state index contributed by atoms with van der Waals surface area (Å²) in [7, 11) is 1.45. The van der Waals surface area contributed by atoms with Crippen LogP contribution in [0.25, 0.3) is 0 Å². The molecule has 1 saturated heterocycles. The molecule has 0 radical (unpaired) electrons. The van der Waals surface area contributed by atoms with Gasteiger partial charge in [-0.05, 0) is 13.8 Å². The maximum atomic E-state index is 9.70. The van der Waals surface area contributed by atoms with Crippen LogP contribution in [0, 0.1) is 0 Å². The molecule has 0 amide bonds. The molecule has 0 aliphatic carbocycles. The molecule has 1 aliphatic rings. The third kappa shape index (κ3) is 2.87. The van der Waals surface area contributed by atoms with Crippen LogP contribution in [0.4, 0.5) is 0 Å². The highest BCUT2D eigenvalue weighted by Crippen LogP contribution is 2.23. The van der Waals surface area contributed by atoms with Crippen LogP contribution < -0.4 is 0 Å². The lowest BCUT2D eigenvalue weighted by molar-refractivity contribution is -0.342. The molecule has 1 heterocycles.